The molecule has 0 atom stereocenters. The Morgan fingerprint density at radius 1 is 1.22 bits per heavy atom. The fourth-order valence-corrected chi connectivity index (χ4v) is 3.32. The summed E-state index contributed by atoms with van der Waals surface area (Å²) in [5, 5.41) is 9.95. The first-order valence-electron chi connectivity index (χ1n) is 8.78. The van der Waals surface area contributed by atoms with Gasteiger partial charge in [0.2, 0.25) is 0 Å². The van der Waals surface area contributed by atoms with E-state index in [1.807, 2.05) is 0 Å². The number of pyridine rings is 1. The highest BCUT2D eigenvalue weighted by atomic mass is 16.5. The average Bonchev–Trinajstić information content (AvgIpc) is 2.50. The highest BCUT2D eigenvalue weighted by molar-refractivity contribution is 5.93. The Hall–Kier alpha value is -1.62. The molecule has 0 aliphatic heterocycles. The van der Waals surface area contributed by atoms with Crippen molar-refractivity contribution in [2.45, 2.75) is 71.3 Å². The summed E-state index contributed by atoms with van der Waals surface area (Å²) in [6, 6.07) is 1.72. The molecule has 1 N–H and O–H groups in total. The fourth-order valence-electron chi connectivity index (χ4n) is 3.32. The average molecular weight is 320 g/mol. The zero-order valence-electron chi connectivity index (χ0n) is 14.3. The molecule has 5 nitrogen and oxygen atoms in total. The molecule has 23 heavy (non-hydrogen) atoms. The second-order valence-corrected chi connectivity index (χ2v) is 6.44. The molecule has 5 heteroatoms. The van der Waals surface area contributed by atoms with Crippen LogP contribution in [0.15, 0.2) is 10.9 Å². The molecule has 0 radical (unpaired) electrons. The summed E-state index contributed by atoms with van der Waals surface area (Å²) in [5.74, 6) is -0.621. The first kappa shape index (κ1) is 17.7. The Morgan fingerprint density at radius 2 is 1.91 bits per heavy atom. The second-order valence-electron chi connectivity index (χ2n) is 6.44. The largest absolute Gasteiger partial charge is 0.312 e. The molecular weight excluding hydrogens is 292 g/mol. The van der Waals surface area contributed by atoms with Crippen molar-refractivity contribution in [3.63, 3.8) is 0 Å². The number of fused-ring (bicyclic) bond motifs is 1. The molecule has 1 aromatic rings. The summed E-state index contributed by atoms with van der Waals surface area (Å²) in [4.78, 5) is 24.9. The lowest BCUT2D eigenvalue weighted by Gasteiger charge is -2.21. The van der Waals surface area contributed by atoms with Gasteiger partial charge in [-0.2, -0.15) is 0 Å². The Bertz CT molecular complexity index is 605. The highest BCUT2D eigenvalue weighted by Gasteiger charge is 2.21. The molecule has 1 heterocycles. The molecule has 1 amide bonds. The smallest absolute Gasteiger partial charge is 0.282 e. The minimum Gasteiger partial charge on any atom is -0.312 e. The van der Waals surface area contributed by atoms with Crippen LogP contribution < -0.4 is 5.56 Å². The molecule has 0 saturated carbocycles. The quantitative estimate of drug-likeness (QED) is 0.515. The monoisotopic (exact) mass is 320 g/mol. The van der Waals surface area contributed by atoms with E-state index < -0.39 is 5.91 Å². The van der Waals surface area contributed by atoms with Crippen LogP contribution in [0.2, 0.25) is 0 Å². The topological polar surface area (TPSA) is 62.5 Å². The molecule has 128 valence electrons. The lowest BCUT2D eigenvalue weighted by atomic mass is 9.95. The number of nitrogens with zero attached hydrogens (tertiary/aromatic N) is 2. The van der Waals surface area contributed by atoms with Crippen molar-refractivity contribution < 1.29 is 10.0 Å². The molecular formula is C18H28N2O3. The highest BCUT2D eigenvalue weighted by Crippen LogP contribution is 2.21. The van der Waals surface area contributed by atoms with Crippen molar-refractivity contribution in [1.29, 1.82) is 0 Å². The van der Waals surface area contributed by atoms with Gasteiger partial charge in [-0.05, 0) is 43.7 Å². The molecule has 2 rings (SSSR count). The lowest BCUT2D eigenvalue weighted by Crippen LogP contribution is -2.35. The van der Waals surface area contributed by atoms with Gasteiger partial charge in [0.25, 0.3) is 11.5 Å². The van der Waals surface area contributed by atoms with Gasteiger partial charge in [0.1, 0.15) is 5.56 Å². The summed E-state index contributed by atoms with van der Waals surface area (Å²) in [5.41, 5.74) is 2.03. The SMILES string of the molecule is CCCCCn1c2c(cc(C(=O)N(C)O)c1=O)CCCCCC2. The van der Waals surface area contributed by atoms with Crippen LogP contribution >= 0.6 is 0 Å². The van der Waals surface area contributed by atoms with Gasteiger partial charge in [-0.25, -0.2) is 5.06 Å². The van der Waals surface area contributed by atoms with E-state index in [2.05, 4.69) is 6.92 Å². The number of aryl methyl sites for hydroxylation is 1. The van der Waals surface area contributed by atoms with Gasteiger partial charge in [0.05, 0.1) is 0 Å². The Morgan fingerprint density at radius 3 is 2.57 bits per heavy atom. The number of amides is 1. The summed E-state index contributed by atoms with van der Waals surface area (Å²) < 4.78 is 1.80. The summed E-state index contributed by atoms with van der Waals surface area (Å²) in [6.07, 6.45) is 9.47. The van der Waals surface area contributed by atoms with Gasteiger partial charge in [-0.15, -0.1) is 0 Å². The van der Waals surface area contributed by atoms with Gasteiger partial charge in [-0.3, -0.25) is 14.8 Å². The first-order chi connectivity index (χ1) is 11.1. The van der Waals surface area contributed by atoms with E-state index in [9.17, 15) is 14.8 Å². The van der Waals surface area contributed by atoms with Crippen LogP contribution in [0.5, 0.6) is 0 Å². The normalized spacial score (nSPS) is 14.7. The van der Waals surface area contributed by atoms with Crippen LogP contribution in [0.1, 0.15) is 73.5 Å². The molecule has 1 aliphatic rings. The minimum absolute atomic E-state index is 0.0887. The zero-order chi connectivity index (χ0) is 16.8. The zero-order valence-corrected chi connectivity index (χ0v) is 14.3. The number of aromatic nitrogens is 1. The van der Waals surface area contributed by atoms with Crippen LogP contribution in [-0.2, 0) is 19.4 Å². The van der Waals surface area contributed by atoms with Gasteiger partial charge in [0.15, 0.2) is 0 Å². The molecule has 0 aromatic carbocycles. The maximum atomic E-state index is 12.8. The maximum absolute atomic E-state index is 12.8. The molecule has 0 spiro atoms. The van der Waals surface area contributed by atoms with Gasteiger partial charge >= 0.3 is 0 Å². The van der Waals surface area contributed by atoms with Gasteiger partial charge in [0, 0.05) is 19.3 Å². The standard InChI is InChI=1S/C18H28N2O3/c1-3-4-9-12-20-16-11-8-6-5-7-10-14(16)13-15(18(20)22)17(21)19(2)23/h13,23H,3-12H2,1-2H3. The van der Waals surface area contributed by atoms with Crippen LogP contribution in [0.4, 0.5) is 0 Å². The van der Waals surface area contributed by atoms with Crippen LogP contribution in [0.25, 0.3) is 0 Å². The number of rotatable bonds is 5. The molecule has 0 saturated heterocycles. The molecule has 1 aliphatic carbocycles. The maximum Gasteiger partial charge on any atom is 0.282 e. The summed E-state index contributed by atoms with van der Waals surface area (Å²) in [7, 11) is 1.26. The predicted octanol–water partition coefficient (Wildman–Crippen LogP) is 3.16. The number of hydroxylamine groups is 2. The number of hydrogen-bond donors (Lipinski definition) is 1. The Balaban J connectivity index is 2.49. The van der Waals surface area contributed by atoms with Crippen molar-refractivity contribution >= 4 is 5.91 Å². The molecule has 0 bridgehead atoms. The van der Waals surface area contributed by atoms with E-state index in [-0.39, 0.29) is 11.1 Å². The van der Waals surface area contributed by atoms with Crippen LogP contribution in [0.3, 0.4) is 0 Å². The van der Waals surface area contributed by atoms with E-state index >= 15 is 0 Å². The van der Waals surface area contributed by atoms with E-state index in [1.54, 1.807) is 10.6 Å². The number of carbonyl (C=O) groups excluding carboxylic acids is 1. The molecule has 0 unspecified atom stereocenters. The van der Waals surface area contributed by atoms with Gasteiger partial charge < -0.3 is 4.57 Å². The minimum atomic E-state index is -0.621. The molecule has 1 aromatic heterocycles. The molecule has 0 fully saturated rings. The van der Waals surface area contributed by atoms with E-state index in [0.717, 1.165) is 56.2 Å². The Kier molecular flexibility index (Phi) is 6.39. The van der Waals surface area contributed by atoms with E-state index in [0.29, 0.717) is 11.6 Å². The van der Waals surface area contributed by atoms with Crippen molar-refractivity contribution in [2.24, 2.45) is 0 Å². The predicted molar refractivity (Wildman–Crippen MR) is 90.0 cm³/mol. The van der Waals surface area contributed by atoms with Crippen molar-refractivity contribution in [3.8, 4) is 0 Å². The van der Waals surface area contributed by atoms with E-state index in [4.69, 9.17) is 0 Å². The summed E-state index contributed by atoms with van der Waals surface area (Å²) in [6.45, 7) is 2.79. The number of hydrogen-bond acceptors (Lipinski definition) is 3. The third kappa shape index (κ3) is 4.22. The number of carbonyl (C=O) groups is 1. The third-order valence-corrected chi connectivity index (χ3v) is 4.61. The van der Waals surface area contributed by atoms with Crippen molar-refractivity contribution in [1.82, 2.24) is 9.63 Å². The second kappa shape index (κ2) is 8.29. The lowest BCUT2D eigenvalue weighted by molar-refractivity contribution is -0.0376. The van der Waals surface area contributed by atoms with Crippen molar-refractivity contribution in [3.05, 3.63) is 33.2 Å². The Labute approximate surface area is 137 Å². The number of unbranched alkanes of at least 4 members (excludes halogenated alkanes) is 2. The van der Waals surface area contributed by atoms with Crippen LogP contribution in [0, 0.1) is 0 Å². The first-order valence-corrected chi connectivity index (χ1v) is 8.78. The van der Waals surface area contributed by atoms with Crippen molar-refractivity contribution in [2.75, 3.05) is 7.05 Å². The fraction of sp³-hybridized carbons (Fsp3) is 0.667. The summed E-state index contributed by atoms with van der Waals surface area (Å²) >= 11 is 0. The van der Waals surface area contributed by atoms with E-state index in [1.165, 1.54) is 19.9 Å². The third-order valence-electron chi connectivity index (χ3n) is 4.61. The van der Waals surface area contributed by atoms with Crippen LogP contribution in [-0.4, -0.2) is 27.8 Å². The van der Waals surface area contributed by atoms with Gasteiger partial charge in [-0.1, -0.05) is 32.6 Å².